The van der Waals surface area contributed by atoms with Crippen LogP contribution in [0.5, 0.6) is 0 Å². The monoisotopic (exact) mass is 872 g/mol. The molecule has 4 atom stereocenters. The van der Waals surface area contributed by atoms with E-state index in [4.69, 9.17) is 29.5 Å². The van der Waals surface area contributed by atoms with Crippen molar-refractivity contribution < 1.29 is 51.6 Å². The number of ether oxygens (including phenoxy) is 4. The molecule has 62 heavy (non-hydrogen) atoms. The van der Waals surface area contributed by atoms with Crippen LogP contribution in [0.2, 0.25) is 0 Å². The zero-order valence-corrected chi connectivity index (χ0v) is 36.3. The first-order valence-electron chi connectivity index (χ1n) is 20.6. The first-order valence-corrected chi connectivity index (χ1v) is 20.6. The topological polar surface area (TPSA) is 193 Å². The Bertz CT molecular complexity index is 1970. The van der Waals surface area contributed by atoms with Gasteiger partial charge in [-0.05, 0) is 57.0 Å². The van der Waals surface area contributed by atoms with Gasteiger partial charge in [-0.2, -0.15) is 0 Å². The number of aliphatic hydroxyl groups is 1. The number of aromatic nitrogens is 2. The minimum absolute atomic E-state index is 0.0435. The molecule has 2 N–H and O–H groups in total. The molecule has 3 amide bonds. The number of hydrogen-bond acceptors (Lipinski definition) is 10. The Kier molecular flexibility index (Phi) is 18.6. The highest BCUT2D eigenvalue weighted by atomic mass is 19.1. The van der Waals surface area contributed by atoms with Gasteiger partial charge in [-0.3, -0.25) is 9.59 Å². The number of alkyl halides is 1. The molecule has 1 aliphatic heterocycles. The third kappa shape index (κ3) is 15.0. The van der Waals surface area contributed by atoms with E-state index in [0.717, 1.165) is 23.8 Å². The molecule has 1 aliphatic rings. The SMILES string of the molecule is C[C@H](O)C(=O)N(C[C@@H]1CN(C(=O)OC(C)(C)C)C[C@@H]1F)[C@@H](c1nc(-c2cc(F)ccc2F)cn1Cc1ccccc1)C(C)(C)CC(=O)NCCOCCOCCOCCN=[N+]=[N-]. The maximum atomic E-state index is 16.0. The Morgan fingerprint density at radius 1 is 1.00 bits per heavy atom. The van der Waals surface area contributed by atoms with E-state index in [1.54, 1.807) is 39.2 Å². The van der Waals surface area contributed by atoms with Crippen molar-refractivity contribution in [1.29, 1.82) is 0 Å². The molecule has 0 bridgehead atoms. The van der Waals surface area contributed by atoms with Crippen molar-refractivity contribution in [1.82, 2.24) is 24.7 Å². The van der Waals surface area contributed by atoms with Crippen LogP contribution in [0.4, 0.5) is 18.0 Å². The first kappa shape index (κ1) is 49.5. The smallest absolute Gasteiger partial charge is 0.410 e. The van der Waals surface area contributed by atoms with Crippen molar-refractivity contribution in [2.45, 2.75) is 78.4 Å². The second-order valence-corrected chi connectivity index (χ2v) is 16.8. The van der Waals surface area contributed by atoms with E-state index in [0.29, 0.717) is 13.2 Å². The lowest BCUT2D eigenvalue weighted by molar-refractivity contribution is -0.147. The molecule has 3 aromatic rings. The number of imidazole rings is 1. The molecule has 1 saturated heterocycles. The van der Waals surface area contributed by atoms with Crippen LogP contribution in [-0.4, -0.2) is 133 Å². The summed E-state index contributed by atoms with van der Waals surface area (Å²) < 4.78 is 69.5. The fourth-order valence-electron chi connectivity index (χ4n) is 7.11. The number of carbonyl (C=O) groups excluding carboxylic acids is 3. The van der Waals surface area contributed by atoms with Gasteiger partial charge in [0.05, 0.1) is 57.9 Å². The normalized spacial score (nSPS) is 16.4. The summed E-state index contributed by atoms with van der Waals surface area (Å²) in [4.78, 5) is 51.1. The summed E-state index contributed by atoms with van der Waals surface area (Å²) >= 11 is 0. The Balaban J connectivity index is 1.64. The highest BCUT2D eigenvalue weighted by molar-refractivity contribution is 5.81. The van der Waals surface area contributed by atoms with Gasteiger partial charge in [0.15, 0.2) is 0 Å². The van der Waals surface area contributed by atoms with Crippen LogP contribution in [-0.2, 0) is 35.1 Å². The number of nitrogens with one attached hydrogen (secondary N) is 1. The number of halogens is 3. The van der Waals surface area contributed by atoms with E-state index >= 15 is 8.78 Å². The van der Waals surface area contributed by atoms with Crippen LogP contribution in [0, 0.1) is 23.0 Å². The number of benzene rings is 2. The van der Waals surface area contributed by atoms with E-state index < -0.39 is 64.8 Å². The lowest BCUT2D eigenvalue weighted by atomic mass is 9.78. The predicted octanol–water partition coefficient (Wildman–Crippen LogP) is 6.22. The van der Waals surface area contributed by atoms with E-state index in [-0.39, 0.29) is 89.2 Å². The average Bonchev–Trinajstić information content (AvgIpc) is 3.78. The number of amides is 3. The van der Waals surface area contributed by atoms with Crippen molar-refractivity contribution in [3.05, 3.63) is 88.2 Å². The standard InChI is InChI=1S/C43H59F3N8O8/c1-29(55)40(57)54(26-31-25-53(27-35(31)46)41(58)62-42(2,3)4)38(43(5,6)23-37(56)48-14-16-59-18-20-61-21-19-60-17-15-49-51-47)39-50-36(33-22-32(44)12-13-34(33)45)28-52(39)24-30-10-8-7-9-11-30/h7-13,22,28-29,31,35,38,55H,14-21,23-27H2,1-6H3,(H,48,56)/t29-,31-,35-,38-/m0/s1. The lowest BCUT2D eigenvalue weighted by Crippen LogP contribution is -2.50. The molecular formula is C43H59F3N8O8. The van der Waals surface area contributed by atoms with Crippen molar-refractivity contribution in [2.75, 3.05) is 72.4 Å². The maximum absolute atomic E-state index is 16.0. The van der Waals surface area contributed by atoms with Gasteiger partial charge in [-0.25, -0.2) is 22.9 Å². The van der Waals surface area contributed by atoms with Gasteiger partial charge >= 0.3 is 6.09 Å². The Morgan fingerprint density at radius 3 is 2.31 bits per heavy atom. The lowest BCUT2D eigenvalue weighted by Gasteiger charge is -2.43. The summed E-state index contributed by atoms with van der Waals surface area (Å²) in [5.41, 5.74) is 6.93. The molecule has 0 spiro atoms. The summed E-state index contributed by atoms with van der Waals surface area (Å²) in [5, 5.41) is 17.1. The molecule has 0 radical (unpaired) electrons. The molecule has 1 fully saturated rings. The van der Waals surface area contributed by atoms with Gasteiger partial charge in [0.1, 0.15) is 35.3 Å². The van der Waals surface area contributed by atoms with E-state index in [1.165, 1.54) is 22.9 Å². The summed E-state index contributed by atoms with van der Waals surface area (Å²) in [7, 11) is 0. The van der Waals surface area contributed by atoms with Crippen molar-refractivity contribution in [3.8, 4) is 11.3 Å². The predicted molar refractivity (Wildman–Crippen MR) is 223 cm³/mol. The minimum Gasteiger partial charge on any atom is -0.444 e. The van der Waals surface area contributed by atoms with Crippen molar-refractivity contribution >= 4 is 17.9 Å². The fourth-order valence-corrected chi connectivity index (χ4v) is 7.11. The number of hydrogen-bond donors (Lipinski definition) is 2. The molecule has 0 aliphatic carbocycles. The summed E-state index contributed by atoms with van der Waals surface area (Å²) in [6.45, 7) is 11.3. The van der Waals surface area contributed by atoms with Gasteiger partial charge in [0, 0.05) is 67.1 Å². The number of azide groups is 1. The molecule has 0 unspecified atom stereocenters. The van der Waals surface area contributed by atoms with Crippen molar-refractivity contribution in [3.63, 3.8) is 0 Å². The molecule has 4 rings (SSSR count). The largest absolute Gasteiger partial charge is 0.444 e. The number of nitrogens with zero attached hydrogens (tertiary/aromatic N) is 7. The molecule has 0 saturated carbocycles. The number of aliphatic hydroxyl groups excluding tert-OH is 1. The number of carbonyl (C=O) groups is 3. The summed E-state index contributed by atoms with van der Waals surface area (Å²) in [6, 6.07) is 11.0. The summed E-state index contributed by atoms with van der Waals surface area (Å²) in [6.07, 6.45) is -2.56. The molecule has 16 nitrogen and oxygen atoms in total. The first-order chi connectivity index (χ1) is 29.4. The van der Waals surface area contributed by atoms with Gasteiger partial charge < -0.3 is 43.7 Å². The second kappa shape index (κ2) is 23.3. The molecule has 2 heterocycles. The quantitative estimate of drug-likeness (QED) is 0.0481. The van der Waals surface area contributed by atoms with Gasteiger partial charge in [-0.15, -0.1) is 0 Å². The molecule has 2 aromatic carbocycles. The van der Waals surface area contributed by atoms with E-state index in [9.17, 15) is 23.9 Å². The van der Waals surface area contributed by atoms with Crippen LogP contribution in [0.1, 0.15) is 65.4 Å². The van der Waals surface area contributed by atoms with Gasteiger partial charge in [0.25, 0.3) is 5.91 Å². The minimum atomic E-state index is -1.59. The zero-order valence-electron chi connectivity index (χ0n) is 36.3. The van der Waals surface area contributed by atoms with Crippen molar-refractivity contribution in [2.24, 2.45) is 16.4 Å². The fraction of sp³-hybridized carbons (Fsp3) is 0.581. The second-order valence-electron chi connectivity index (χ2n) is 16.8. The highest BCUT2D eigenvalue weighted by Crippen LogP contribution is 2.43. The Labute approximate surface area is 360 Å². The van der Waals surface area contributed by atoms with Crippen LogP contribution in [0.25, 0.3) is 21.7 Å². The Morgan fingerprint density at radius 2 is 1.66 bits per heavy atom. The van der Waals surface area contributed by atoms with E-state index in [1.807, 2.05) is 30.3 Å². The number of likely N-dealkylation sites (tertiary alicyclic amines) is 1. The van der Waals surface area contributed by atoms with Crippen LogP contribution >= 0.6 is 0 Å². The summed E-state index contributed by atoms with van der Waals surface area (Å²) in [5.74, 6) is -3.43. The van der Waals surface area contributed by atoms with Gasteiger partial charge in [0.2, 0.25) is 5.91 Å². The zero-order chi connectivity index (χ0) is 45.5. The molecule has 19 heteroatoms. The molecular weight excluding hydrogens is 814 g/mol. The molecule has 1 aromatic heterocycles. The van der Waals surface area contributed by atoms with Crippen LogP contribution in [0.3, 0.4) is 0 Å². The van der Waals surface area contributed by atoms with Crippen LogP contribution in [0.15, 0.2) is 59.8 Å². The maximum Gasteiger partial charge on any atom is 0.410 e. The third-order valence-electron chi connectivity index (χ3n) is 9.92. The van der Waals surface area contributed by atoms with E-state index in [2.05, 4.69) is 15.3 Å². The highest BCUT2D eigenvalue weighted by Gasteiger charge is 2.46. The number of rotatable bonds is 23. The molecule has 340 valence electrons. The van der Waals surface area contributed by atoms with Gasteiger partial charge in [-0.1, -0.05) is 49.3 Å². The average molecular weight is 873 g/mol. The van der Waals surface area contributed by atoms with Crippen LogP contribution < -0.4 is 5.32 Å². The Hall–Kier alpha value is -5.20. The third-order valence-corrected chi connectivity index (χ3v) is 9.92.